The van der Waals surface area contributed by atoms with Gasteiger partial charge in [-0.05, 0) is 12.8 Å². The van der Waals surface area contributed by atoms with Gasteiger partial charge in [-0.3, -0.25) is 0 Å². The topological polar surface area (TPSA) is 9.23 Å². The maximum absolute atomic E-state index is 4.94. The Morgan fingerprint density at radius 1 is 0.889 bits per heavy atom. The van der Waals surface area contributed by atoms with E-state index in [2.05, 4.69) is 0 Å². The fourth-order valence-electron chi connectivity index (χ4n) is 0.510. The number of hydrogen-bond donors (Lipinski definition) is 0. The second kappa shape index (κ2) is 15.7. The summed E-state index contributed by atoms with van der Waals surface area (Å²) in [6, 6.07) is 0. The van der Waals surface area contributed by atoms with E-state index in [1.54, 1.807) is 0 Å². The average molecular weight is 134 g/mol. The zero-order chi connectivity index (χ0) is 5.54. The molecule has 0 unspecified atom stereocenters. The van der Waals surface area contributed by atoms with Crippen LogP contribution in [0.5, 0.6) is 0 Å². The van der Waals surface area contributed by atoms with Gasteiger partial charge in [0, 0.05) is 13.2 Å². The Hall–Kier alpha value is -0.0400. The number of ether oxygens (including phenoxy) is 1. The molecule has 0 aromatic rings. The van der Waals surface area contributed by atoms with Crippen molar-refractivity contribution in [2.24, 2.45) is 0 Å². The molecule has 1 heterocycles. The zero-order valence-electron chi connectivity index (χ0n) is 5.24. The van der Waals surface area contributed by atoms with Crippen LogP contribution in [0.2, 0.25) is 0 Å². The van der Waals surface area contributed by atoms with Crippen molar-refractivity contribution < 1.29 is 4.74 Å². The fraction of sp³-hybridized carbons (Fsp3) is 1.00. The van der Waals surface area contributed by atoms with E-state index in [1.807, 2.05) is 13.8 Å². The summed E-state index contributed by atoms with van der Waals surface area (Å²) in [4.78, 5) is 0. The van der Waals surface area contributed by atoms with Crippen molar-refractivity contribution in [2.75, 3.05) is 13.2 Å². The van der Waals surface area contributed by atoms with E-state index in [-0.39, 0.29) is 14.9 Å². The van der Waals surface area contributed by atoms with Gasteiger partial charge >= 0.3 is 0 Å². The lowest BCUT2D eigenvalue weighted by Crippen LogP contribution is -1.74. The smallest absolute Gasteiger partial charge is 0.0466 e. The SMILES string of the molecule is C.C.C1CCOC1.CC. The first-order chi connectivity index (χ1) is 3.50. The van der Waals surface area contributed by atoms with Crippen LogP contribution in [0.1, 0.15) is 41.5 Å². The quantitative estimate of drug-likeness (QED) is 0.494. The van der Waals surface area contributed by atoms with Gasteiger partial charge in [0.2, 0.25) is 0 Å². The molecule has 1 rings (SSSR count). The van der Waals surface area contributed by atoms with Gasteiger partial charge in [-0.1, -0.05) is 28.7 Å². The molecule has 0 bridgehead atoms. The van der Waals surface area contributed by atoms with Gasteiger partial charge in [0.15, 0.2) is 0 Å². The highest BCUT2D eigenvalue weighted by molar-refractivity contribution is 4.43. The Morgan fingerprint density at radius 2 is 1.22 bits per heavy atom. The minimum Gasteiger partial charge on any atom is -0.381 e. The molecule has 0 aromatic carbocycles. The summed E-state index contributed by atoms with van der Waals surface area (Å²) in [6.07, 6.45) is 2.56. The van der Waals surface area contributed by atoms with E-state index < -0.39 is 0 Å². The van der Waals surface area contributed by atoms with Crippen molar-refractivity contribution in [1.29, 1.82) is 0 Å². The molecular weight excluding hydrogens is 112 g/mol. The van der Waals surface area contributed by atoms with Gasteiger partial charge in [0.25, 0.3) is 0 Å². The minimum atomic E-state index is 0. The molecule has 1 heteroatoms. The summed E-state index contributed by atoms with van der Waals surface area (Å²) in [5.41, 5.74) is 0. The van der Waals surface area contributed by atoms with Crippen LogP contribution < -0.4 is 0 Å². The van der Waals surface area contributed by atoms with Gasteiger partial charge in [-0.2, -0.15) is 0 Å². The third-order valence-corrected chi connectivity index (χ3v) is 0.827. The molecule has 0 N–H and O–H groups in total. The molecule has 0 spiro atoms. The summed E-state index contributed by atoms with van der Waals surface area (Å²) in [6.45, 7) is 6.00. The van der Waals surface area contributed by atoms with Crippen LogP contribution in [0.25, 0.3) is 0 Å². The summed E-state index contributed by atoms with van der Waals surface area (Å²) in [5, 5.41) is 0. The Labute approximate surface area is 60.4 Å². The van der Waals surface area contributed by atoms with E-state index in [4.69, 9.17) is 4.74 Å². The molecule has 1 fully saturated rings. The fourth-order valence-corrected chi connectivity index (χ4v) is 0.510. The summed E-state index contributed by atoms with van der Waals surface area (Å²) in [5.74, 6) is 0. The third kappa shape index (κ3) is 11.5. The Bertz CT molecular complexity index is 16.1. The van der Waals surface area contributed by atoms with Crippen LogP contribution in [0.3, 0.4) is 0 Å². The van der Waals surface area contributed by atoms with Crippen LogP contribution in [-0.4, -0.2) is 13.2 Å². The van der Waals surface area contributed by atoms with Crippen LogP contribution in [0.15, 0.2) is 0 Å². The largest absolute Gasteiger partial charge is 0.381 e. The molecule has 1 aliphatic heterocycles. The monoisotopic (exact) mass is 134 g/mol. The van der Waals surface area contributed by atoms with Crippen molar-refractivity contribution in [3.63, 3.8) is 0 Å². The predicted molar refractivity (Wildman–Crippen MR) is 44.9 cm³/mol. The van der Waals surface area contributed by atoms with Crippen molar-refractivity contribution in [3.05, 3.63) is 0 Å². The third-order valence-electron chi connectivity index (χ3n) is 0.827. The molecule has 0 aromatic heterocycles. The molecule has 1 aliphatic rings. The van der Waals surface area contributed by atoms with E-state index >= 15 is 0 Å². The van der Waals surface area contributed by atoms with Crippen LogP contribution in [-0.2, 0) is 4.74 Å². The first-order valence-corrected chi connectivity index (χ1v) is 3.08. The van der Waals surface area contributed by atoms with E-state index in [9.17, 15) is 0 Å². The molecule has 0 radical (unpaired) electrons. The highest BCUT2D eigenvalue weighted by atomic mass is 16.5. The zero-order valence-corrected chi connectivity index (χ0v) is 5.24. The highest BCUT2D eigenvalue weighted by Crippen LogP contribution is 1.98. The lowest BCUT2D eigenvalue weighted by atomic mass is 10.4. The first kappa shape index (κ1) is 16.0. The molecule has 1 saturated heterocycles. The van der Waals surface area contributed by atoms with Crippen molar-refractivity contribution in [3.8, 4) is 0 Å². The second-order valence-electron chi connectivity index (χ2n) is 1.32. The molecule has 0 atom stereocenters. The molecule has 60 valence electrons. The van der Waals surface area contributed by atoms with Gasteiger partial charge in [0.1, 0.15) is 0 Å². The van der Waals surface area contributed by atoms with E-state index in [0.717, 1.165) is 13.2 Å². The van der Waals surface area contributed by atoms with Crippen LogP contribution in [0.4, 0.5) is 0 Å². The molecule has 1 nitrogen and oxygen atoms in total. The summed E-state index contributed by atoms with van der Waals surface area (Å²) >= 11 is 0. The second-order valence-corrected chi connectivity index (χ2v) is 1.32. The summed E-state index contributed by atoms with van der Waals surface area (Å²) < 4.78 is 4.94. The molecule has 9 heavy (non-hydrogen) atoms. The normalized spacial score (nSPS) is 14.0. The molecule has 0 amide bonds. The maximum atomic E-state index is 4.94. The van der Waals surface area contributed by atoms with Gasteiger partial charge in [-0.25, -0.2) is 0 Å². The van der Waals surface area contributed by atoms with Gasteiger partial charge in [-0.15, -0.1) is 0 Å². The van der Waals surface area contributed by atoms with E-state index in [0.29, 0.717) is 0 Å². The maximum Gasteiger partial charge on any atom is 0.0466 e. The molecular formula is C8H22O. The summed E-state index contributed by atoms with van der Waals surface area (Å²) in [7, 11) is 0. The number of rotatable bonds is 0. The van der Waals surface area contributed by atoms with Crippen LogP contribution >= 0.6 is 0 Å². The standard InChI is InChI=1S/C4H8O.C2H6.2CH4/c1-2-4-5-3-1;1-2;;/h1-4H2;1-2H3;2*1H4. The Kier molecular flexibility index (Phi) is 27.8. The molecule has 0 aliphatic carbocycles. The van der Waals surface area contributed by atoms with Crippen molar-refractivity contribution in [1.82, 2.24) is 0 Å². The number of hydrogen-bond acceptors (Lipinski definition) is 1. The van der Waals surface area contributed by atoms with E-state index in [1.165, 1.54) is 12.8 Å². The van der Waals surface area contributed by atoms with Gasteiger partial charge < -0.3 is 4.74 Å². The lowest BCUT2D eigenvalue weighted by molar-refractivity contribution is 0.198. The molecule has 0 saturated carbocycles. The highest BCUT2D eigenvalue weighted by Gasteiger charge is 1.94. The van der Waals surface area contributed by atoms with Crippen LogP contribution in [0, 0.1) is 0 Å². The van der Waals surface area contributed by atoms with Crippen molar-refractivity contribution in [2.45, 2.75) is 41.5 Å². The minimum absolute atomic E-state index is 0. The van der Waals surface area contributed by atoms with Crippen molar-refractivity contribution >= 4 is 0 Å². The Balaban J connectivity index is -0.0000000836. The lowest BCUT2D eigenvalue weighted by Gasteiger charge is -1.76. The van der Waals surface area contributed by atoms with Gasteiger partial charge in [0.05, 0.1) is 0 Å². The average Bonchev–Trinajstić information content (AvgIpc) is 2.23. The predicted octanol–water partition coefficient (Wildman–Crippen LogP) is 3.10. The Morgan fingerprint density at radius 3 is 1.33 bits per heavy atom. The first-order valence-electron chi connectivity index (χ1n) is 3.08.